The predicted octanol–water partition coefficient (Wildman–Crippen LogP) is 2.27. The molecule has 0 spiro atoms. The van der Waals surface area contributed by atoms with Crippen LogP contribution in [-0.2, 0) is 23.1 Å². The van der Waals surface area contributed by atoms with Crippen LogP contribution >= 0.6 is 7.60 Å². The average Bonchev–Trinajstić information content (AvgIpc) is 3.09. The molecule has 1 rings (SSSR count). The highest BCUT2D eigenvalue weighted by Gasteiger charge is 2.58. The first kappa shape index (κ1) is 15.6. The van der Waals surface area contributed by atoms with Gasteiger partial charge in [0, 0.05) is 6.42 Å². The number of epoxide rings is 1. The van der Waals surface area contributed by atoms with Gasteiger partial charge in [-0.2, -0.15) is 0 Å². The van der Waals surface area contributed by atoms with Crippen molar-refractivity contribution in [2.24, 2.45) is 0 Å². The Balaban J connectivity index is 3.09. The summed E-state index contributed by atoms with van der Waals surface area (Å²) in [5.41, 5.74) is 0. The summed E-state index contributed by atoms with van der Waals surface area (Å²) < 4.78 is 28.3. The quantitative estimate of drug-likeness (QED) is 0.515. The molecule has 1 fully saturated rings. The van der Waals surface area contributed by atoms with Crippen molar-refractivity contribution in [3.63, 3.8) is 0 Å². The number of hydrogen-bond donors (Lipinski definition) is 1. The summed E-state index contributed by atoms with van der Waals surface area (Å²) >= 11 is 0. The largest absolute Gasteiger partial charge is 0.480 e. The summed E-state index contributed by atoms with van der Waals surface area (Å²) in [6.07, 6.45) is 0.186. The lowest BCUT2D eigenvalue weighted by molar-refractivity contribution is -0.141. The van der Waals surface area contributed by atoms with Gasteiger partial charge in [-0.1, -0.05) is 6.92 Å². The average molecular weight is 280 g/mol. The molecule has 7 heteroatoms. The van der Waals surface area contributed by atoms with Gasteiger partial charge in [-0.3, -0.25) is 9.36 Å². The number of rotatable bonds is 9. The van der Waals surface area contributed by atoms with E-state index in [0.29, 0.717) is 6.61 Å². The van der Waals surface area contributed by atoms with Gasteiger partial charge >= 0.3 is 13.6 Å². The van der Waals surface area contributed by atoms with Crippen molar-refractivity contribution in [1.29, 1.82) is 0 Å². The van der Waals surface area contributed by atoms with Crippen LogP contribution in [0.2, 0.25) is 0 Å². The molecule has 106 valence electrons. The number of carboxylic acids is 1. The van der Waals surface area contributed by atoms with E-state index in [1.54, 1.807) is 20.8 Å². The Hall–Kier alpha value is -0.420. The fraction of sp³-hybridized carbons (Fsp3) is 0.909. The molecule has 1 saturated heterocycles. The van der Waals surface area contributed by atoms with Crippen LogP contribution in [0.5, 0.6) is 0 Å². The normalized spacial score (nSPS) is 22.5. The van der Waals surface area contributed by atoms with E-state index in [0.717, 1.165) is 0 Å². The Kier molecular flexibility index (Phi) is 5.34. The minimum absolute atomic E-state index is 0.151. The van der Waals surface area contributed by atoms with E-state index in [4.69, 9.17) is 13.8 Å². The Labute approximate surface area is 107 Å². The Bertz CT molecular complexity index is 330. The maximum Gasteiger partial charge on any atom is 0.348 e. The van der Waals surface area contributed by atoms with Crippen LogP contribution in [0.3, 0.4) is 0 Å². The van der Waals surface area contributed by atoms with Gasteiger partial charge in [0.25, 0.3) is 0 Å². The second kappa shape index (κ2) is 6.15. The lowest BCUT2D eigenvalue weighted by Crippen LogP contribution is -2.40. The molecule has 18 heavy (non-hydrogen) atoms. The smallest absolute Gasteiger partial charge is 0.348 e. The topological polar surface area (TPSA) is 85.4 Å². The summed E-state index contributed by atoms with van der Waals surface area (Å²) in [6, 6.07) is 0. The SMILES string of the molecule is CCOP(=O)(OCC)C(CC)(CC1CO1)C(=O)O. The minimum Gasteiger partial charge on any atom is -0.480 e. The molecular weight excluding hydrogens is 259 g/mol. The lowest BCUT2D eigenvalue weighted by atomic mass is 9.99. The van der Waals surface area contributed by atoms with E-state index in [1.165, 1.54) is 0 Å². The molecule has 1 aliphatic heterocycles. The molecule has 2 unspecified atom stereocenters. The van der Waals surface area contributed by atoms with Crippen molar-refractivity contribution in [2.45, 2.75) is 44.9 Å². The van der Waals surface area contributed by atoms with E-state index >= 15 is 0 Å². The molecule has 0 amide bonds. The molecule has 0 aromatic carbocycles. The highest BCUT2D eigenvalue weighted by Crippen LogP contribution is 2.64. The first-order valence-electron chi connectivity index (χ1n) is 6.20. The lowest BCUT2D eigenvalue weighted by Gasteiger charge is -2.34. The standard InChI is InChI=1S/C11H21O6P/c1-4-11(10(12)13,7-9-8-15-9)18(14,16-5-2)17-6-3/h9H,4-8H2,1-3H3,(H,12,13). The van der Waals surface area contributed by atoms with Crippen molar-refractivity contribution in [3.8, 4) is 0 Å². The minimum atomic E-state index is -3.71. The third-order valence-electron chi connectivity index (χ3n) is 3.07. The maximum absolute atomic E-state index is 12.8. The first-order valence-corrected chi connectivity index (χ1v) is 7.74. The molecule has 0 saturated carbocycles. The summed E-state index contributed by atoms with van der Waals surface area (Å²) in [5, 5.41) is 7.99. The van der Waals surface area contributed by atoms with E-state index < -0.39 is 18.7 Å². The Morgan fingerprint density at radius 3 is 2.17 bits per heavy atom. The second-order valence-electron chi connectivity index (χ2n) is 4.18. The summed E-state index contributed by atoms with van der Waals surface area (Å²) in [4.78, 5) is 11.6. The zero-order valence-corrected chi connectivity index (χ0v) is 11.9. The molecule has 0 aliphatic carbocycles. The fourth-order valence-corrected chi connectivity index (χ4v) is 4.29. The van der Waals surface area contributed by atoms with Crippen LogP contribution in [-0.4, -0.2) is 42.2 Å². The Morgan fingerprint density at radius 1 is 1.39 bits per heavy atom. The van der Waals surface area contributed by atoms with Gasteiger partial charge < -0.3 is 18.9 Å². The van der Waals surface area contributed by atoms with Gasteiger partial charge in [0.15, 0.2) is 5.16 Å². The van der Waals surface area contributed by atoms with E-state index in [2.05, 4.69) is 0 Å². The van der Waals surface area contributed by atoms with Gasteiger partial charge in [-0.05, 0) is 20.3 Å². The Morgan fingerprint density at radius 2 is 1.89 bits per heavy atom. The highest BCUT2D eigenvalue weighted by atomic mass is 31.2. The molecule has 2 atom stereocenters. The van der Waals surface area contributed by atoms with Crippen LogP contribution < -0.4 is 0 Å². The number of carboxylic acid groups (broad SMARTS) is 1. The third kappa shape index (κ3) is 2.94. The third-order valence-corrected chi connectivity index (χ3v) is 6.01. The van der Waals surface area contributed by atoms with Crippen molar-refractivity contribution in [1.82, 2.24) is 0 Å². The summed E-state index contributed by atoms with van der Waals surface area (Å²) in [7, 11) is -3.71. The van der Waals surface area contributed by atoms with Gasteiger partial charge in [-0.25, -0.2) is 0 Å². The molecule has 0 aromatic rings. The van der Waals surface area contributed by atoms with Crippen LogP contribution in [0.4, 0.5) is 0 Å². The number of aliphatic carboxylic acids is 1. The molecule has 1 heterocycles. The van der Waals surface area contributed by atoms with Crippen LogP contribution in [0.15, 0.2) is 0 Å². The van der Waals surface area contributed by atoms with Gasteiger partial charge in [0.1, 0.15) is 0 Å². The van der Waals surface area contributed by atoms with E-state index in [9.17, 15) is 14.5 Å². The molecule has 0 aromatic heterocycles. The van der Waals surface area contributed by atoms with E-state index in [1.807, 2.05) is 0 Å². The zero-order valence-electron chi connectivity index (χ0n) is 11.0. The van der Waals surface area contributed by atoms with Crippen molar-refractivity contribution < 1.29 is 28.3 Å². The number of carbonyl (C=O) groups is 1. The van der Waals surface area contributed by atoms with Crippen molar-refractivity contribution in [3.05, 3.63) is 0 Å². The first-order chi connectivity index (χ1) is 8.45. The van der Waals surface area contributed by atoms with Gasteiger partial charge in [0.2, 0.25) is 0 Å². The maximum atomic E-state index is 12.8. The molecule has 1 aliphatic rings. The van der Waals surface area contributed by atoms with Gasteiger partial charge in [0.05, 0.1) is 25.9 Å². The molecule has 0 bridgehead atoms. The molecular formula is C11H21O6P. The fourth-order valence-electron chi connectivity index (χ4n) is 1.99. The predicted molar refractivity (Wildman–Crippen MR) is 65.9 cm³/mol. The summed E-state index contributed by atoms with van der Waals surface area (Å²) in [5.74, 6) is -1.15. The second-order valence-corrected chi connectivity index (χ2v) is 6.55. The van der Waals surface area contributed by atoms with E-state index in [-0.39, 0.29) is 32.2 Å². The highest BCUT2D eigenvalue weighted by molar-refractivity contribution is 7.56. The molecule has 1 N–H and O–H groups in total. The number of ether oxygens (including phenoxy) is 1. The van der Waals surface area contributed by atoms with Crippen molar-refractivity contribution >= 4 is 13.6 Å². The zero-order chi connectivity index (χ0) is 13.8. The van der Waals surface area contributed by atoms with Crippen LogP contribution in [0.25, 0.3) is 0 Å². The van der Waals surface area contributed by atoms with Gasteiger partial charge in [-0.15, -0.1) is 0 Å². The monoisotopic (exact) mass is 280 g/mol. The number of hydrogen-bond acceptors (Lipinski definition) is 5. The summed E-state index contributed by atoms with van der Waals surface area (Å²) in [6.45, 7) is 5.83. The molecule has 6 nitrogen and oxygen atoms in total. The van der Waals surface area contributed by atoms with Crippen LogP contribution in [0.1, 0.15) is 33.6 Å². The van der Waals surface area contributed by atoms with Crippen LogP contribution in [0, 0.1) is 0 Å². The molecule has 0 radical (unpaired) electrons. The van der Waals surface area contributed by atoms with Crippen molar-refractivity contribution in [2.75, 3.05) is 19.8 Å².